The number of aliphatic carboxylic acids is 1. The van der Waals surface area contributed by atoms with Gasteiger partial charge in [-0.15, -0.1) is 11.8 Å². The molecule has 0 amide bonds. The first-order chi connectivity index (χ1) is 11.4. The van der Waals surface area contributed by atoms with E-state index in [0.717, 1.165) is 11.8 Å². The minimum Gasteiger partial charge on any atom is -0.481 e. The predicted octanol–water partition coefficient (Wildman–Crippen LogP) is 2.52. The van der Waals surface area contributed by atoms with E-state index in [1.165, 1.54) is 24.3 Å². The van der Waals surface area contributed by atoms with E-state index in [0.29, 0.717) is 12.0 Å². The number of hydrogen-bond acceptors (Lipinski definition) is 4. The largest absolute Gasteiger partial charge is 0.481 e. The highest BCUT2D eigenvalue weighted by atomic mass is 32.2. The Labute approximate surface area is 144 Å². The zero-order valence-corrected chi connectivity index (χ0v) is 14.2. The summed E-state index contributed by atoms with van der Waals surface area (Å²) in [5.74, 6) is -1.74. The van der Waals surface area contributed by atoms with Gasteiger partial charge in [-0.1, -0.05) is 24.3 Å². The van der Waals surface area contributed by atoms with Gasteiger partial charge in [0, 0.05) is 11.4 Å². The quantitative estimate of drug-likeness (QED) is 0.699. The molecule has 2 N–H and O–H groups in total. The summed E-state index contributed by atoms with van der Waals surface area (Å²) in [5.41, 5.74) is 0.628. The Morgan fingerprint density at radius 3 is 2.50 bits per heavy atom. The molecule has 2 rings (SSSR count). The van der Waals surface area contributed by atoms with Crippen molar-refractivity contribution < 1.29 is 22.7 Å². The average molecular weight is 369 g/mol. The lowest BCUT2D eigenvalue weighted by Gasteiger charge is -2.08. The minimum atomic E-state index is -3.58. The second-order valence-electron chi connectivity index (χ2n) is 4.91. The van der Waals surface area contributed by atoms with Crippen LogP contribution in [0.5, 0.6) is 0 Å². The van der Waals surface area contributed by atoms with Crippen molar-refractivity contribution >= 4 is 27.8 Å². The van der Waals surface area contributed by atoms with Crippen LogP contribution in [0, 0.1) is 5.82 Å². The molecule has 0 atom stereocenters. The van der Waals surface area contributed by atoms with Gasteiger partial charge < -0.3 is 5.11 Å². The lowest BCUT2D eigenvalue weighted by molar-refractivity contribution is -0.133. The van der Waals surface area contributed by atoms with Crippen LogP contribution in [0.25, 0.3) is 0 Å². The number of benzene rings is 2. The SMILES string of the molecule is O=C(O)CSc1ccc(CCNS(=O)(=O)c2ccccc2)cc1F. The zero-order valence-electron chi connectivity index (χ0n) is 12.6. The number of thioether (sulfide) groups is 1. The van der Waals surface area contributed by atoms with Crippen LogP contribution >= 0.6 is 11.8 Å². The Hall–Kier alpha value is -1.90. The van der Waals surface area contributed by atoms with Gasteiger partial charge in [-0.05, 0) is 36.2 Å². The molecule has 2 aromatic rings. The molecular weight excluding hydrogens is 353 g/mol. The fourth-order valence-electron chi connectivity index (χ4n) is 1.97. The van der Waals surface area contributed by atoms with Crippen molar-refractivity contribution in [3.8, 4) is 0 Å². The van der Waals surface area contributed by atoms with E-state index in [-0.39, 0.29) is 22.1 Å². The second kappa shape index (κ2) is 8.27. The van der Waals surface area contributed by atoms with E-state index in [1.54, 1.807) is 24.3 Å². The monoisotopic (exact) mass is 369 g/mol. The Bertz CT molecular complexity index is 810. The van der Waals surface area contributed by atoms with Crippen molar-refractivity contribution in [2.75, 3.05) is 12.3 Å². The summed E-state index contributed by atoms with van der Waals surface area (Å²) in [6.07, 6.45) is 0.326. The third kappa shape index (κ3) is 5.33. The van der Waals surface area contributed by atoms with E-state index in [4.69, 9.17) is 5.11 Å². The molecule has 0 fully saturated rings. The Morgan fingerprint density at radius 2 is 1.88 bits per heavy atom. The maximum absolute atomic E-state index is 13.9. The molecule has 0 aliphatic rings. The molecule has 0 spiro atoms. The fourth-order valence-corrected chi connectivity index (χ4v) is 3.66. The molecule has 128 valence electrons. The molecule has 5 nitrogen and oxygen atoms in total. The predicted molar refractivity (Wildman–Crippen MR) is 90.1 cm³/mol. The van der Waals surface area contributed by atoms with Crippen LogP contribution in [0.4, 0.5) is 4.39 Å². The number of carbonyl (C=O) groups is 1. The Kier molecular flexibility index (Phi) is 6.36. The van der Waals surface area contributed by atoms with E-state index in [2.05, 4.69) is 4.72 Å². The van der Waals surface area contributed by atoms with Gasteiger partial charge >= 0.3 is 5.97 Å². The standard InChI is InChI=1S/C16H16FNO4S2/c17-14-10-12(6-7-15(14)23-11-16(19)20)8-9-18-24(21,22)13-4-2-1-3-5-13/h1-7,10,18H,8-9,11H2,(H,19,20). The van der Waals surface area contributed by atoms with Gasteiger partial charge in [0.2, 0.25) is 10.0 Å². The normalized spacial score (nSPS) is 11.4. The highest BCUT2D eigenvalue weighted by Gasteiger charge is 2.12. The van der Waals surface area contributed by atoms with E-state index >= 15 is 0 Å². The molecule has 0 saturated carbocycles. The zero-order chi connectivity index (χ0) is 17.6. The van der Waals surface area contributed by atoms with Crippen molar-refractivity contribution in [2.24, 2.45) is 0 Å². The molecule has 0 unspecified atom stereocenters. The summed E-state index contributed by atoms with van der Waals surface area (Å²) in [5, 5.41) is 8.60. The number of rotatable bonds is 8. The molecule has 2 aromatic carbocycles. The van der Waals surface area contributed by atoms with E-state index < -0.39 is 21.8 Å². The average Bonchev–Trinajstić information content (AvgIpc) is 2.54. The fraction of sp³-hybridized carbons (Fsp3) is 0.188. The molecule has 0 saturated heterocycles. The third-order valence-corrected chi connectivity index (χ3v) is 5.62. The summed E-state index contributed by atoms with van der Waals surface area (Å²) < 4.78 is 40.4. The Morgan fingerprint density at radius 1 is 1.17 bits per heavy atom. The highest BCUT2D eigenvalue weighted by Crippen LogP contribution is 2.22. The van der Waals surface area contributed by atoms with E-state index in [9.17, 15) is 17.6 Å². The topological polar surface area (TPSA) is 83.5 Å². The van der Waals surface area contributed by atoms with Gasteiger partial charge in [0.05, 0.1) is 10.6 Å². The van der Waals surface area contributed by atoms with Crippen LogP contribution < -0.4 is 4.72 Å². The van der Waals surface area contributed by atoms with Crippen LogP contribution in [0.1, 0.15) is 5.56 Å². The van der Waals surface area contributed by atoms with Gasteiger partial charge in [-0.25, -0.2) is 17.5 Å². The summed E-state index contributed by atoms with van der Waals surface area (Å²) in [4.78, 5) is 10.9. The van der Waals surface area contributed by atoms with Crippen LogP contribution in [0.15, 0.2) is 58.3 Å². The van der Waals surface area contributed by atoms with Gasteiger partial charge in [-0.3, -0.25) is 4.79 Å². The molecule has 0 bridgehead atoms. The molecular formula is C16H16FNO4S2. The second-order valence-corrected chi connectivity index (χ2v) is 7.69. The number of nitrogens with one attached hydrogen (secondary N) is 1. The summed E-state index contributed by atoms with van der Waals surface area (Å²) in [6, 6.07) is 12.4. The number of sulfonamides is 1. The summed E-state index contributed by atoms with van der Waals surface area (Å²) in [6.45, 7) is 0.137. The van der Waals surface area contributed by atoms with E-state index in [1.807, 2.05) is 0 Å². The van der Waals surface area contributed by atoms with Crippen molar-refractivity contribution in [2.45, 2.75) is 16.2 Å². The maximum atomic E-state index is 13.9. The van der Waals surface area contributed by atoms with Crippen molar-refractivity contribution in [3.05, 3.63) is 59.9 Å². The first-order valence-corrected chi connectivity index (χ1v) is 9.53. The number of halogens is 1. The lowest BCUT2D eigenvalue weighted by Crippen LogP contribution is -2.25. The highest BCUT2D eigenvalue weighted by molar-refractivity contribution is 8.00. The maximum Gasteiger partial charge on any atom is 0.313 e. The van der Waals surface area contributed by atoms with Gasteiger partial charge in [0.25, 0.3) is 0 Å². The van der Waals surface area contributed by atoms with Gasteiger partial charge in [0.15, 0.2) is 0 Å². The van der Waals surface area contributed by atoms with Crippen LogP contribution in [0.2, 0.25) is 0 Å². The lowest BCUT2D eigenvalue weighted by atomic mass is 10.1. The first-order valence-electron chi connectivity index (χ1n) is 7.06. The summed E-state index contributed by atoms with van der Waals surface area (Å²) >= 11 is 0.903. The molecule has 8 heteroatoms. The molecule has 0 aromatic heterocycles. The smallest absolute Gasteiger partial charge is 0.313 e. The number of carboxylic acids is 1. The molecule has 0 heterocycles. The van der Waals surface area contributed by atoms with Crippen molar-refractivity contribution in [1.82, 2.24) is 4.72 Å². The minimum absolute atomic E-state index is 0.137. The van der Waals surface area contributed by atoms with Crippen LogP contribution in [-0.4, -0.2) is 31.8 Å². The van der Waals surface area contributed by atoms with Crippen LogP contribution in [0.3, 0.4) is 0 Å². The molecule has 0 aliphatic carbocycles. The first kappa shape index (κ1) is 18.4. The Balaban J connectivity index is 1.93. The molecule has 0 radical (unpaired) electrons. The molecule has 24 heavy (non-hydrogen) atoms. The summed E-state index contributed by atoms with van der Waals surface area (Å²) in [7, 11) is -3.58. The van der Waals surface area contributed by atoms with Gasteiger partial charge in [0.1, 0.15) is 5.82 Å². The number of carboxylic acid groups (broad SMARTS) is 1. The van der Waals surface area contributed by atoms with Crippen molar-refractivity contribution in [3.63, 3.8) is 0 Å². The third-order valence-electron chi connectivity index (χ3n) is 3.11. The van der Waals surface area contributed by atoms with Gasteiger partial charge in [-0.2, -0.15) is 0 Å². The number of hydrogen-bond donors (Lipinski definition) is 2. The van der Waals surface area contributed by atoms with Crippen LogP contribution in [-0.2, 0) is 21.2 Å². The van der Waals surface area contributed by atoms with Crippen molar-refractivity contribution in [1.29, 1.82) is 0 Å². The molecule has 0 aliphatic heterocycles.